The summed E-state index contributed by atoms with van der Waals surface area (Å²) in [5.74, 6) is -0.652. The number of Topliss-reactive ketones (excluding diaryl/α,β-unsaturated/α-hetero) is 1. The van der Waals surface area contributed by atoms with E-state index in [1.165, 1.54) is 16.6 Å². The van der Waals surface area contributed by atoms with E-state index in [0.717, 1.165) is 18.4 Å². The van der Waals surface area contributed by atoms with E-state index in [9.17, 15) is 13.2 Å². The molecule has 2 aromatic rings. The number of benzene rings is 2. The molecule has 2 aliphatic heterocycles. The number of nitrogens with zero attached hydrogens (tertiary/aromatic N) is 1. The van der Waals surface area contributed by atoms with Crippen molar-refractivity contribution >= 4 is 27.4 Å². The van der Waals surface area contributed by atoms with E-state index < -0.39 is 21.9 Å². The summed E-state index contributed by atoms with van der Waals surface area (Å²) in [6.07, 6.45) is 3.52. The fourth-order valence-electron chi connectivity index (χ4n) is 6.33. The molecule has 4 rings (SSSR count). The molecule has 0 bridgehead atoms. The van der Waals surface area contributed by atoms with Gasteiger partial charge in [-0.25, -0.2) is 12.8 Å². The number of halogens is 2. The Hall–Kier alpha value is -1.88. The van der Waals surface area contributed by atoms with Gasteiger partial charge in [-0.2, -0.15) is 4.31 Å². The summed E-state index contributed by atoms with van der Waals surface area (Å²) in [4.78, 5) is 13.7. The largest absolute Gasteiger partial charge is 0.376 e. The van der Waals surface area contributed by atoms with Gasteiger partial charge in [-0.1, -0.05) is 35.9 Å². The highest BCUT2D eigenvalue weighted by Crippen LogP contribution is 2.40. The first-order chi connectivity index (χ1) is 18.9. The second kappa shape index (κ2) is 13.0. The molecule has 2 fully saturated rings. The second-order valence-corrected chi connectivity index (χ2v) is 14.1. The average molecular weight is 594 g/mol. The first-order valence-electron chi connectivity index (χ1n) is 14.0. The minimum Gasteiger partial charge on any atom is -0.376 e. The molecule has 0 amide bonds. The predicted molar refractivity (Wildman–Crippen MR) is 157 cm³/mol. The number of sulfonamides is 1. The zero-order chi connectivity index (χ0) is 29.1. The smallest absolute Gasteiger partial charge is 0.211 e. The summed E-state index contributed by atoms with van der Waals surface area (Å²) in [7, 11) is -3.38. The molecule has 4 atom stereocenters. The minimum absolute atomic E-state index is 0.00364. The molecule has 0 aromatic heterocycles. The lowest BCUT2D eigenvalue weighted by atomic mass is 9.72. The molecule has 2 heterocycles. The second-order valence-electron chi connectivity index (χ2n) is 11.8. The van der Waals surface area contributed by atoms with E-state index >= 15 is 4.39 Å². The Balaban J connectivity index is 1.55. The summed E-state index contributed by atoms with van der Waals surface area (Å²) in [5.41, 5.74) is 8.42. The molecule has 0 aliphatic carbocycles. The van der Waals surface area contributed by atoms with Gasteiger partial charge in [0.2, 0.25) is 10.0 Å². The topological polar surface area (TPSA) is 102 Å². The van der Waals surface area contributed by atoms with Gasteiger partial charge in [-0.3, -0.25) is 4.79 Å². The summed E-state index contributed by atoms with van der Waals surface area (Å²) in [6, 6.07) is 11.2. The Morgan fingerprint density at radius 1 is 1.25 bits per heavy atom. The molecule has 40 heavy (non-hydrogen) atoms. The van der Waals surface area contributed by atoms with Gasteiger partial charge in [0.25, 0.3) is 0 Å². The molecule has 2 aromatic carbocycles. The molecule has 2 aliphatic rings. The van der Waals surface area contributed by atoms with Gasteiger partial charge in [0.1, 0.15) is 5.82 Å². The van der Waals surface area contributed by atoms with Crippen LogP contribution in [0.3, 0.4) is 0 Å². The van der Waals surface area contributed by atoms with E-state index in [-0.39, 0.29) is 35.7 Å². The van der Waals surface area contributed by atoms with Crippen LogP contribution in [-0.2, 0) is 32.4 Å². The molecule has 3 N–H and O–H groups in total. The molecule has 1 unspecified atom stereocenters. The predicted octanol–water partition coefficient (Wildman–Crippen LogP) is 4.07. The number of nitrogens with two attached hydrogens (primary N) is 1. The highest BCUT2D eigenvalue weighted by Gasteiger charge is 2.39. The lowest BCUT2D eigenvalue weighted by molar-refractivity contribution is -0.122. The van der Waals surface area contributed by atoms with Crippen molar-refractivity contribution in [1.82, 2.24) is 9.62 Å². The van der Waals surface area contributed by atoms with Crippen LogP contribution in [0, 0.1) is 11.7 Å². The van der Waals surface area contributed by atoms with E-state index in [1.54, 1.807) is 12.1 Å². The van der Waals surface area contributed by atoms with Crippen molar-refractivity contribution < 1.29 is 22.3 Å². The van der Waals surface area contributed by atoms with Crippen LogP contribution in [0.25, 0.3) is 0 Å². The lowest BCUT2D eigenvalue weighted by Gasteiger charge is -2.41. The molecule has 0 saturated carbocycles. The van der Waals surface area contributed by atoms with Crippen molar-refractivity contribution in [3.63, 3.8) is 0 Å². The standard InChI is InChI=1S/C30H41ClFN3O4S/c1-30(2)18-22(13-16-39-30)28(20-7-9-23(31)10-8-20)29(33)27(36)17-21-5-4-6-26(32)25(21)12-11-24-19-34-14-15-35(24)40(3,37)38/h4-10,22,24,28-29,34H,11-19,33H2,1-3H3/t22?,24-,28-,29+/m0/s1. The van der Waals surface area contributed by atoms with Crippen LogP contribution in [0.15, 0.2) is 42.5 Å². The van der Waals surface area contributed by atoms with Gasteiger partial charge in [0.15, 0.2) is 5.78 Å². The number of piperazine rings is 1. The van der Waals surface area contributed by atoms with Crippen LogP contribution in [0.5, 0.6) is 0 Å². The van der Waals surface area contributed by atoms with Crippen LogP contribution in [0.1, 0.15) is 55.7 Å². The van der Waals surface area contributed by atoms with Crippen molar-refractivity contribution in [2.24, 2.45) is 11.7 Å². The van der Waals surface area contributed by atoms with Gasteiger partial charge < -0.3 is 15.8 Å². The normalized spacial score (nSPS) is 23.4. The van der Waals surface area contributed by atoms with Crippen LogP contribution in [-0.4, -0.2) is 68.7 Å². The molecule has 0 radical (unpaired) electrons. The van der Waals surface area contributed by atoms with Crippen LogP contribution in [0.2, 0.25) is 5.02 Å². The molecular formula is C30H41ClFN3O4S. The van der Waals surface area contributed by atoms with Gasteiger partial charge in [0.05, 0.1) is 17.9 Å². The number of hydrogen-bond acceptors (Lipinski definition) is 6. The Labute approximate surface area is 242 Å². The minimum atomic E-state index is -3.38. The summed E-state index contributed by atoms with van der Waals surface area (Å²) in [6.45, 7) is 6.17. The maximum Gasteiger partial charge on any atom is 0.211 e. The van der Waals surface area contributed by atoms with Crippen LogP contribution in [0.4, 0.5) is 4.39 Å². The molecule has 7 nitrogen and oxygen atoms in total. The number of ether oxygens (including phenoxy) is 1. The highest BCUT2D eigenvalue weighted by atomic mass is 35.5. The third-order valence-corrected chi connectivity index (χ3v) is 9.87. The Morgan fingerprint density at radius 3 is 2.65 bits per heavy atom. The van der Waals surface area contributed by atoms with Gasteiger partial charge in [-0.05, 0) is 80.3 Å². The SMILES string of the molecule is CC1(C)CC([C@H](c2ccc(Cl)cc2)[C@H](N)C(=O)Cc2cccc(F)c2CC[C@H]2CNCCN2S(C)(=O)=O)CCO1. The zero-order valence-corrected chi connectivity index (χ0v) is 25.1. The number of rotatable bonds is 10. The number of carbonyl (C=O) groups is 1. The quantitative estimate of drug-likeness (QED) is 0.431. The first kappa shape index (κ1) is 31.1. The van der Waals surface area contributed by atoms with Gasteiger partial charge in [-0.15, -0.1) is 0 Å². The van der Waals surface area contributed by atoms with Crippen molar-refractivity contribution in [1.29, 1.82) is 0 Å². The van der Waals surface area contributed by atoms with Crippen molar-refractivity contribution in [2.75, 3.05) is 32.5 Å². The third kappa shape index (κ3) is 7.69. The summed E-state index contributed by atoms with van der Waals surface area (Å²) >= 11 is 6.15. The fraction of sp³-hybridized carbons (Fsp3) is 0.567. The van der Waals surface area contributed by atoms with Crippen LogP contribution >= 0.6 is 11.6 Å². The fourth-order valence-corrected chi connectivity index (χ4v) is 7.60. The monoisotopic (exact) mass is 593 g/mol. The number of hydrogen-bond donors (Lipinski definition) is 2. The third-order valence-electron chi connectivity index (χ3n) is 8.29. The Bertz CT molecular complexity index is 1290. The maximum atomic E-state index is 15.1. The van der Waals surface area contributed by atoms with Crippen LogP contribution < -0.4 is 11.1 Å². The zero-order valence-electron chi connectivity index (χ0n) is 23.5. The Morgan fingerprint density at radius 2 is 1.98 bits per heavy atom. The van der Waals surface area contributed by atoms with Gasteiger partial charge >= 0.3 is 0 Å². The van der Waals surface area contributed by atoms with E-state index in [2.05, 4.69) is 19.2 Å². The molecule has 10 heteroatoms. The van der Waals surface area contributed by atoms with Crippen molar-refractivity contribution in [3.05, 3.63) is 70.0 Å². The lowest BCUT2D eigenvalue weighted by Crippen LogP contribution is -2.53. The summed E-state index contributed by atoms with van der Waals surface area (Å²) in [5, 5.41) is 3.84. The number of carbonyl (C=O) groups excluding carboxylic acids is 1. The van der Waals surface area contributed by atoms with Gasteiger partial charge in [0, 0.05) is 49.6 Å². The first-order valence-corrected chi connectivity index (χ1v) is 16.2. The number of nitrogens with one attached hydrogen (secondary N) is 1. The highest BCUT2D eigenvalue weighted by molar-refractivity contribution is 7.88. The maximum absolute atomic E-state index is 15.1. The Kier molecular flexibility index (Phi) is 10.1. The van der Waals surface area contributed by atoms with E-state index in [1.807, 2.05) is 24.3 Å². The number of ketones is 1. The average Bonchev–Trinajstić information content (AvgIpc) is 2.88. The van der Waals surface area contributed by atoms with Crippen molar-refractivity contribution in [2.45, 2.75) is 69.6 Å². The van der Waals surface area contributed by atoms with E-state index in [0.29, 0.717) is 55.2 Å². The molecular weight excluding hydrogens is 553 g/mol. The van der Waals surface area contributed by atoms with Crippen molar-refractivity contribution in [3.8, 4) is 0 Å². The van der Waals surface area contributed by atoms with E-state index in [4.69, 9.17) is 22.1 Å². The molecule has 220 valence electrons. The molecule has 0 spiro atoms. The molecule has 2 saturated heterocycles. The summed E-state index contributed by atoms with van der Waals surface area (Å²) < 4.78 is 47.1.